The van der Waals surface area contributed by atoms with Gasteiger partial charge in [0.1, 0.15) is 6.61 Å². The van der Waals surface area contributed by atoms with Gasteiger partial charge in [0.25, 0.3) is 10.1 Å². The second-order valence-electron chi connectivity index (χ2n) is 10.6. The third kappa shape index (κ3) is 15.0. The predicted molar refractivity (Wildman–Crippen MR) is 161 cm³/mol. The first-order valence-electron chi connectivity index (χ1n) is 15.2. The summed E-state index contributed by atoms with van der Waals surface area (Å²) in [6.07, 6.45) is 17.2. The Kier molecular flexibility index (Phi) is 17.5. The summed E-state index contributed by atoms with van der Waals surface area (Å²) < 4.78 is 41.8. The van der Waals surface area contributed by atoms with Gasteiger partial charge in [-0.25, -0.2) is 4.79 Å². The molecule has 2 aromatic rings. The van der Waals surface area contributed by atoms with E-state index < -0.39 is 22.2 Å². The van der Waals surface area contributed by atoms with Gasteiger partial charge in [0, 0.05) is 6.61 Å². The molecule has 0 aliphatic heterocycles. The van der Waals surface area contributed by atoms with Crippen LogP contribution in [0.5, 0.6) is 0 Å². The molecule has 0 saturated heterocycles. The van der Waals surface area contributed by atoms with Crippen molar-refractivity contribution >= 4 is 16.1 Å². The van der Waals surface area contributed by atoms with Crippen molar-refractivity contribution in [2.45, 2.75) is 115 Å². The molecule has 0 bridgehead atoms. The lowest BCUT2D eigenvalue weighted by molar-refractivity contribution is -0.0196. The van der Waals surface area contributed by atoms with E-state index >= 15 is 0 Å². The summed E-state index contributed by atoms with van der Waals surface area (Å²) in [5.74, 6) is -0.540. The molecule has 0 aromatic heterocycles. The van der Waals surface area contributed by atoms with E-state index in [0.717, 1.165) is 18.4 Å². The van der Waals surface area contributed by atoms with E-state index in [0.29, 0.717) is 12.2 Å². The first-order chi connectivity index (χ1) is 19.4. The predicted octanol–water partition coefficient (Wildman–Crippen LogP) is 8.42. The van der Waals surface area contributed by atoms with Crippen molar-refractivity contribution in [3.8, 4) is 0 Å². The molecular weight excluding hydrogens is 524 g/mol. The van der Waals surface area contributed by atoms with Crippen molar-refractivity contribution < 1.29 is 26.9 Å². The molecule has 0 aliphatic rings. The van der Waals surface area contributed by atoms with Crippen LogP contribution < -0.4 is 0 Å². The normalized spacial score (nSPS) is 12.3. The molecule has 0 N–H and O–H groups in total. The molecular formula is C33H50O6S. The Morgan fingerprint density at radius 2 is 1.23 bits per heavy atom. The summed E-state index contributed by atoms with van der Waals surface area (Å²) in [6, 6.07) is 15.0. The van der Waals surface area contributed by atoms with Crippen LogP contribution in [0.1, 0.15) is 113 Å². The van der Waals surface area contributed by atoms with Crippen LogP contribution in [-0.2, 0) is 23.8 Å². The molecule has 0 heterocycles. The molecule has 6 nitrogen and oxygen atoms in total. The van der Waals surface area contributed by atoms with Gasteiger partial charge in [-0.2, -0.15) is 8.42 Å². The first kappa shape index (κ1) is 34.0. The fourth-order valence-corrected chi connectivity index (χ4v) is 5.40. The van der Waals surface area contributed by atoms with Crippen molar-refractivity contribution in [1.29, 1.82) is 0 Å². The minimum absolute atomic E-state index is 0.0644. The first-order valence-corrected chi connectivity index (χ1v) is 16.6. The highest BCUT2D eigenvalue weighted by Gasteiger charge is 2.22. The lowest BCUT2D eigenvalue weighted by Gasteiger charge is -2.18. The smallest absolute Gasteiger partial charge is 0.338 e. The van der Waals surface area contributed by atoms with Crippen LogP contribution in [0, 0.1) is 6.92 Å². The Morgan fingerprint density at radius 1 is 0.700 bits per heavy atom. The van der Waals surface area contributed by atoms with E-state index in [1.165, 1.54) is 89.2 Å². The minimum Gasteiger partial charge on any atom is -0.454 e. The van der Waals surface area contributed by atoms with Crippen molar-refractivity contribution in [3.63, 3.8) is 0 Å². The van der Waals surface area contributed by atoms with Crippen molar-refractivity contribution in [1.82, 2.24) is 0 Å². The van der Waals surface area contributed by atoms with Crippen molar-refractivity contribution in [3.05, 3.63) is 65.7 Å². The molecule has 1 unspecified atom stereocenters. The maximum absolute atomic E-state index is 12.6. The average Bonchev–Trinajstić information content (AvgIpc) is 2.96. The van der Waals surface area contributed by atoms with Gasteiger partial charge in [-0.3, -0.25) is 4.18 Å². The largest absolute Gasteiger partial charge is 0.454 e. The summed E-state index contributed by atoms with van der Waals surface area (Å²) in [5.41, 5.74) is 1.34. The van der Waals surface area contributed by atoms with E-state index in [2.05, 4.69) is 6.92 Å². The summed E-state index contributed by atoms with van der Waals surface area (Å²) >= 11 is 0. The second kappa shape index (κ2) is 20.6. The van der Waals surface area contributed by atoms with Gasteiger partial charge >= 0.3 is 5.97 Å². The summed E-state index contributed by atoms with van der Waals surface area (Å²) in [4.78, 5) is 12.6. The number of hydrogen-bond acceptors (Lipinski definition) is 6. The zero-order valence-electron chi connectivity index (χ0n) is 24.7. The van der Waals surface area contributed by atoms with Crippen LogP contribution in [-0.4, -0.2) is 40.3 Å². The Labute approximate surface area is 242 Å². The SMILES string of the molecule is CCCCCCCCCCCCCCCCOCC(COS(=O)(=O)c1ccc(C)cc1)OC(=O)c1ccccc1. The van der Waals surface area contributed by atoms with Gasteiger partial charge in [-0.1, -0.05) is 126 Å². The zero-order valence-corrected chi connectivity index (χ0v) is 25.5. The zero-order chi connectivity index (χ0) is 28.9. The quantitative estimate of drug-likeness (QED) is 0.0753. The summed E-state index contributed by atoms with van der Waals surface area (Å²) in [7, 11) is -3.98. The van der Waals surface area contributed by atoms with Crippen LogP contribution in [0.25, 0.3) is 0 Å². The lowest BCUT2D eigenvalue weighted by Crippen LogP contribution is -2.30. The van der Waals surface area contributed by atoms with Gasteiger partial charge in [0.2, 0.25) is 0 Å². The topological polar surface area (TPSA) is 78.9 Å². The van der Waals surface area contributed by atoms with E-state index in [1.807, 2.05) is 13.0 Å². The molecule has 0 radical (unpaired) electrons. The highest BCUT2D eigenvalue weighted by atomic mass is 32.2. The molecule has 7 heteroatoms. The van der Waals surface area contributed by atoms with Gasteiger partial charge in [-0.15, -0.1) is 0 Å². The number of esters is 1. The fraction of sp³-hybridized carbons (Fsp3) is 0.606. The number of carbonyl (C=O) groups is 1. The number of ether oxygens (including phenoxy) is 2. The number of unbranched alkanes of at least 4 members (excludes halogenated alkanes) is 13. The van der Waals surface area contributed by atoms with Crippen molar-refractivity contribution in [2.75, 3.05) is 19.8 Å². The van der Waals surface area contributed by atoms with Crippen LogP contribution in [0.3, 0.4) is 0 Å². The highest BCUT2D eigenvalue weighted by Crippen LogP contribution is 2.16. The molecule has 0 amide bonds. The number of carbonyl (C=O) groups excluding carboxylic acids is 1. The molecule has 1 atom stereocenters. The number of benzene rings is 2. The van der Waals surface area contributed by atoms with Gasteiger partial charge in [0.05, 0.1) is 17.1 Å². The molecule has 2 rings (SSSR count). The summed E-state index contributed by atoms with van der Waals surface area (Å²) in [5, 5.41) is 0. The summed E-state index contributed by atoms with van der Waals surface area (Å²) in [6.45, 7) is 4.43. The molecule has 224 valence electrons. The monoisotopic (exact) mass is 574 g/mol. The standard InChI is InChI=1S/C33H50O6S/c1-3-4-5-6-7-8-9-10-11-12-13-14-15-19-26-37-27-31(39-33(34)30-20-17-16-18-21-30)28-38-40(35,36)32-24-22-29(2)23-25-32/h16-18,20-25,31H,3-15,19,26-28H2,1-2H3. The van der Waals surface area contributed by atoms with Crippen LogP contribution in [0.4, 0.5) is 0 Å². The minimum atomic E-state index is -3.98. The van der Waals surface area contributed by atoms with Crippen molar-refractivity contribution in [2.24, 2.45) is 0 Å². The van der Waals surface area contributed by atoms with E-state index in [1.54, 1.807) is 36.4 Å². The Hall–Kier alpha value is -2.22. The molecule has 0 spiro atoms. The lowest BCUT2D eigenvalue weighted by atomic mass is 10.0. The third-order valence-corrected chi connectivity index (χ3v) is 8.24. The Balaban J connectivity index is 1.65. The Bertz CT molecular complexity index is 1020. The molecule has 40 heavy (non-hydrogen) atoms. The van der Waals surface area contributed by atoms with E-state index in [9.17, 15) is 13.2 Å². The third-order valence-electron chi connectivity index (χ3n) is 6.95. The van der Waals surface area contributed by atoms with Crippen LogP contribution in [0.2, 0.25) is 0 Å². The van der Waals surface area contributed by atoms with Gasteiger partial charge in [-0.05, 0) is 37.6 Å². The molecule has 0 saturated carbocycles. The van der Waals surface area contributed by atoms with Gasteiger partial charge < -0.3 is 9.47 Å². The second-order valence-corrected chi connectivity index (χ2v) is 12.2. The van der Waals surface area contributed by atoms with E-state index in [-0.39, 0.29) is 18.1 Å². The maximum atomic E-state index is 12.6. The van der Waals surface area contributed by atoms with Crippen LogP contribution in [0.15, 0.2) is 59.5 Å². The fourth-order valence-electron chi connectivity index (χ4n) is 4.46. The maximum Gasteiger partial charge on any atom is 0.338 e. The molecule has 0 aliphatic carbocycles. The van der Waals surface area contributed by atoms with E-state index in [4.69, 9.17) is 13.7 Å². The highest BCUT2D eigenvalue weighted by molar-refractivity contribution is 7.86. The molecule has 0 fully saturated rings. The average molecular weight is 575 g/mol. The Morgan fingerprint density at radius 3 is 1.77 bits per heavy atom. The van der Waals surface area contributed by atoms with Gasteiger partial charge in [0.15, 0.2) is 6.10 Å². The molecule has 2 aromatic carbocycles. The number of aryl methyl sites for hydroxylation is 1. The number of rotatable bonds is 23. The van der Waals surface area contributed by atoms with Crippen LogP contribution >= 0.6 is 0 Å². The number of hydrogen-bond donors (Lipinski definition) is 0.